The van der Waals surface area contributed by atoms with Crippen LogP contribution in [0.5, 0.6) is 0 Å². The van der Waals surface area contributed by atoms with E-state index in [1.54, 1.807) is 17.5 Å². The number of nitrogens with one attached hydrogen (secondary N) is 1. The van der Waals surface area contributed by atoms with Crippen molar-refractivity contribution in [1.82, 2.24) is 10.3 Å². The first-order valence-corrected chi connectivity index (χ1v) is 8.58. The van der Waals surface area contributed by atoms with Gasteiger partial charge in [-0.25, -0.2) is 4.98 Å². The van der Waals surface area contributed by atoms with Crippen LogP contribution in [0.15, 0.2) is 29.8 Å². The van der Waals surface area contributed by atoms with Crippen LogP contribution in [0.25, 0.3) is 0 Å². The van der Waals surface area contributed by atoms with Crippen molar-refractivity contribution >= 4 is 28.8 Å². The standard InChI is InChI=1S/C16H17ClN4S/c17-14-5-8-22-15(14)11-19-13-3-6-21(7-4-13)16-2-1-12(9-18)10-20-16/h1-2,5,8,10,13,19H,3-4,6-7,11H2. The molecule has 0 aromatic carbocycles. The zero-order valence-corrected chi connectivity index (χ0v) is 13.7. The first-order valence-electron chi connectivity index (χ1n) is 7.32. The number of thiophene rings is 1. The molecule has 0 amide bonds. The molecule has 0 aliphatic carbocycles. The van der Waals surface area contributed by atoms with Crippen LogP contribution in [-0.2, 0) is 6.54 Å². The van der Waals surface area contributed by atoms with E-state index in [1.165, 1.54) is 4.88 Å². The third-order valence-electron chi connectivity index (χ3n) is 3.94. The number of hydrogen-bond acceptors (Lipinski definition) is 5. The molecule has 1 aliphatic rings. The Morgan fingerprint density at radius 1 is 1.36 bits per heavy atom. The molecular formula is C16H17ClN4S. The van der Waals surface area contributed by atoms with Gasteiger partial charge in [-0.05, 0) is 36.4 Å². The number of nitriles is 1. The van der Waals surface area contributed by atoms with E-state index in [-0.39, 0.29) is 0 Å². The molecule has 1 N–H and O–H groups in total. The molecule has 4 nitrogen and oxygen atoms in total. The summed E-state index contributed by atoms with van der Waals surface area (Å²) in [4.78, 5) is 7.85. The second kappa shape index (κ2) is 7.10. The first-order chi connectivity index (χ1) is 10.8. The van der Waals surface area contributed by atoms with Crippen LogP contribution in [0.4, 0.5) is 5.82 Å². The van der Waals surface area contributed by atoms with Gasteiger partial charge in [-0.1, -0.05) is 11.6 Å². The quantitative estimate of drug-likeness (QED) is 0.932. The second-order valence-electron chi connectivity index (χ2n) is 5.35. The fourth-order valence-corrected chi connectivity index (χ4v) is 3.69. The molecule has 22 heavy (non-hydrogen) atoms. The van der Waals surface area contributed by atoms with E-state index >= 15 is 0 Å². The number of hydrogen-bond donors (Lipinski definition) is 1. The molecule has 0 atom stereocenters. The lowest BCUT2D eigenvalue weighted by Gasteiger charge is -2.33. The van der Waals surface area contributed by atoms with Gasteiger partial charge in [0.2, 0.25) is 0 Å². The van der Waals surface area contributed by atoms with Gasteiger partial charge in [-0.2, -0.15) is 5.26 Å². The topological polar surface area (TPSA) is 52.0 Å². The summed E-state index contributed by atoms with van der Waals surface area (Å²) in [6.45, 7) is 2.81. The summed E-state index contributed by atoms with van der Waals surface area (Å²) in [7, 11) is 0. The van der Waals surface area contributed by atoms with Crippen LogP contribution in [0.2, 0.25) is 5.02 Å². The number of rotatable bonds is 4. The minimum absolute atomic E-state index is 0.521. The Morgan fingerprint density at radius 3 is 2.77 bits per heavy atom. The molecule has 114 valence electrons. The van der Waals surface area contributed by atoms with Gasteiger partial charge in [0, 0.05) is 36.8 Å². The lowest BCUT2D eigenvalue weighted by atomic mass is 10.0. The molecule has 3 heterocycles. The maximum Gasteiger partial charge on any atom is 0.128 e. The predicted molar refractivity (Wildman–Crippen MR) is 90.4 cm³/mol. The van der Waals surface area contributed by atoms with Gasteiger partial charge < -0.3 is 10.2 Å². The van der Waals surface area contributed by atoms with Crippen LogP contribution in [-0.4, -0.2) is 24.1 Å². The lowest BCUT2D eigenvalue weighted by Crippen LogP contribution is -2.42. The van der Waals surface area contributed by atoms with Crippen molar-refractivity contribution in [2.75, 3.05) is 18.0 Å². The fraction of sp³-hybridized carbons (Fsp3) is 0.375. The third-order valence-corrected chi connectivity index (χ3v) is 5.33. The highest BCUT2D eigenvalue weighted by Gasteiger charge is 2.20. The van der Waals surface area contributed by atoms with Gasteiger partial charge in [-0.15, -0.1) is 11.3 Å². The van der Waals surface area contributed by atoms with Gasteiger partial charge in [0.15, 0.2) is 0 Å². The maximum atomic E-state index is 8.81. The number of aromatic nitrogens is 1. The molecule has 2 aromatic rings. The third kappa shape index (κ3) is 3.58. The van der Waals surface area contributed by atoms with Crippen molar-refractivity contribution in [3.05, 3.63) is 45.2 Å². The average molecular weight is 333 g/mol. The van der Waals surface area contributed by atoms with E-state index in [2.05, 4.69) is 21.3 Å². The Morgan fingerprint density at radius 2 is 2.18 bits per heavy atom. The molecular weight excluding hydrogens is 316 g/mol. The molecule has 1 fully saturated rings. The second-order valence-corrected chi connectivity index (χ2v) is 6.76. The molecule has 0 radical (unpaired) electrons. The highest BCUT2D eigenvalue weighted by molar-refractivity contribution is 7.10. The SMILES string of the molecule is N#Cc1ccc(N2CCC(NCc3sccc3Cl)CC2)nc1. The van der Waals surface area contributed by atoms with Crippen LogP contribution < -0.4 is 10.2 Å². The number of nitrogens with zero attached hydrogens (tertiary/aromatic N) is 3. The molecule has 0 spiro atoms. The molecule has 1 saturated heterocycles. The van der Waals surface area contributed by atoms with E-state index in [4.69, 9.17) is 16.9 Å². The van der Waals surface area contributed by atoms with Crippen LogP contribution in [0.3, 0.4) is 0 Å². The maximum absolute atomic E-state index is 8.81. The Balaban J connectivity index is 1.49. The van der Waals surface area contributed by atoms with Crippen molar-refractivity contribution in [3.8, 4) is 6.07 Å². The minimum Gasteiger partial charge on any atom is -0.357 e. The largest absolute Gasteiger partial charge is 0.357 e. The first kappa shape index (κ1) is 15.3. The smallest absolute Gasteiger partial charge is 0.128 e. The molecule has 0 bridgehead atoms. The van der Waals surface area contributed by atoms with Crippen molar-refractivity contribution in [2.24, 2.45) is 0 Å². The summed E-state index contributed by atoms with van der Waals surface area (Å²) in [5.41, 5.74) is 0.605. The molecule has 2 aromatic heterocycles. The predicted octanol–water partition coefficient (Wildman–Crippen LogP) is 3.43. The summed E-state index contributed by atoms with van der Waals surface area (Å²) in [6, 6.07) is 8.32. The fourth-order valence-electron chi connectivity index (χ4n) is 2.64. The molecule has 0 saturated carbocycles. The van der Waals surface area contributed by atoms with Crippen LogP contribution >= 0.6 is 22.9 Å². The van der Waals surface area contributed by atoms with Gasteiger partial charge in [0.1, 0.15) is 11.9 Å². The monoisotopic (exact) mass is 332 g/mol. The summed E-state index contributed by atoms with van der Waals surface area (Å²) in [5, 5.41) is 15.3. The summed E-state index contributed by atoms with van der Waals surface area (Å²) in [5.74, 6) is 0.957. The summed E-state index contributed by atoms with van der Waals surface area (Å²) >= 11 is 7.81. The number of pyridine rings is 1. The highest BCUT2D eigenvalue weighted by atomic mass is 35.5. The Hall–Kier alpha value is -1.61. The number of halogens is 1. The zero-order valence-electron chi connectivity index (χ0n) is 12.1. The Bertz CT molecular complexity index is 654. The highest BCUT2D eigenvalue weighted by Crippen LogP contribution is 2.23. The van der Waals surface area contributed by atoms with Gasteiger partial charge in [0.25, 0.3) is 0 Å². The van der Waals surface area contributed by atoms with Crippen LogP contribution in [0, 0.1) is 11.3 Å². The van der Waals surface area contributed by atoms with Gasteiger partial charge >= 0.3 is 0 Å². The lowest BCUT2D eigenvalue weighted by molar-refractivity contribution is 0.414. The van der Waals surface area contributed by atoms with Crippen LogP contribution in [0.1, 0.15) is 23.3 Å². The summed E-state index contributed by atoms with van der Waals surface area (Å²) < 4.78 is 0. The van der Waals surface area contributed by atoms with Crippen molar-refractivity contribution < 1.29 is 0 Å². The van der Waals surface area contributed by atoms with Crippen molar-refractivity contribution in [3.63, 3.8) is 0 Å². The molecule has 1 aliphatic heterocycles. The van der Waals surface area contributed by atoms with E-state index < -0.39 is 0 Å². The van der Waals surface area contributed by atoms with Gasteiger partial charge in [0.05, 0.1) is 10.6 Å². The summed E-state index contributed by atoms with van der Waals surface area (Å²) in [6.07, 6.45) is 3.81. The van der Waals surface area contributed by atoms with E-state index in [0.717, 1.165) is 43.3 Å². The molecule has 3 rings (SSSR count). The average Bonchev–Trinajstić information content (AvgIpc) is 2.99. The number of piperidine rings is 1. The van der Waals surface area contributed by atoms with E-state index in [0.29, 0.717) is 11.6 Å². The molecule has 0 unspecified atom stereocenters. The van der Waals surface area contributed by atoms with Crippen molar-refractivity contribution in [1.29, 1.82) is 5.26 Å². The van der Waals surface area contributed by atoms with E-state index in [9.17, 15) is 0 Å². The van der Waals surface area contributed by atoms with E-state index in [1.807, 2.05) is 23.6 Å². The zero-order chi connectivity index (χ0) is 15.4. The number of anilines is 1. The van der Waals surface area contributed by atoms with Gasteiger partial charge in [-0.3, -0.25) is 0 Å². The molecule has 6 heteroatoms. The Labute approximate surface area is 139 Å². The minimum atomic E-state index is 0.521. The normalized spacial score (nSPS) is 15.7. The van der Waals surface area contributed by atoms with Crippen molar-refractivity contribution in [2.45, 2.75) is 25.4 Å². The Kier molecular flexibility index (Phi) is 4.94.